The zero-order valence-electron chi connectivity index (χ0n) is 18.5. The zero-order chi connectivity index (χ0) is 24.9. The zero-order valence-corrected chi connectivity index (χ0v) is 18.5. The van der Waals surface area contributed by atoms with E-state index in [1.54, 1.807) is 24.4 Å². The molecule has 3 rings (SSSR count). The SMILES string of the molecule is Cc1ccnc(NC(C)c2ccc(-c3cccc(F)c3C(F)(F)F)cc2)c1NC(=O)CCC#N. The molecule has 0 saturated carbocycles. The molecule has 2 aromatic carbocycles. The lowest BCUT2D eigenvalue weighted by Crippen LogP contribution is -2.16. The average Bonchev–Trinajstić information content (AvgIpc) is 2.79. The first-order chi connectivity index (χ1) is 16.1. The Kier molecular flexibility index (Phi) is 7.51. The number of nitrogens with one attached hydrogen (secondary N) is 2. The Hall–Kier alpha value is -3.93. The molecule has 1 heterocycles. The molecule has 34 heavy (non-hydrogen) atoms. The van der Waals surface area contributed by atoms with Crippen LogP contribution in [0.2, 0.25) is 0 Å². The first kappa shape index (κ1) is 24.7. The van der Waals surface area contributed by atoms with Gasteiger partial charge in [0.05, 0.1) is 23.4 Å². The van der Waals surface area contributed by atoms with Crippen molar-refractivity contribution in [1.82, 2.24) is 4.98 Å². The maximum Gasteiger partial charge on any atom is 0.419 e. The van der Waals surface area contributed by atoms with Gasteiger partial charge in [0.25, 0.3) is 0 Å². The number of nitrogens with zero attached hydrogens (tertiary/aromatic N) is 2. The number of hydrogen-bond donors (Lipinski definition) is 2. The van der Waals surface area contributed by atoms with Gasteiger partial charge in [-0.15, -0.1) is 0 Å². The molecule has 1 aromatic heterocycles. The highest BCUT2D eigenvalue weighted by Crippen LogP contribution is 2.39. The van der Waals surface area contributed by atoms with Gasteiger partial charge in [-0.3, -0.25) is 4.79 Å². The number of carbonyl (C=O) groups is 1. The second-order valence-electron chi connectivity index (χ2n) is 7.71. The predicted molar refractivity (Wildman–Crippen MR) is 121 cm³/mol. The van der Waals surface area contributed by atoms with Crippen molar-refractivity contribution in [1.29, 1.82) is 5.26 Å². The quantitative estimate of drug-likeness (QED) is 0.380. The second kappa shape index (κ2) is 10.3. The number of halogens is 4. The number of aromatic nitrogens is 1. The highest BCUT2D eigenvalue weighted by Gasteiger charge is 2.37. The summed E-state index contributed by atoms with van der Waals surface area (Å²) in [6.45, 7) is 3.65. The number of carbonyl (C=O) groups excluding carboxylic acids is 1. The van der Waals surface area contributed by atoms with E-state index >= 15 is 0 Å². The maximum atomic E-state index is 13.9. The molecule has 0 aliphatic heterocycles. The summed E-state index contributed by atoms with van der Waals surface area (Å²) >= 11 is 0. The fraction of sp³-hybridized carbons (Fsp3) is 0.240. The van der Waals surface area contributed by atoms with E-state index in [4.69, 9.17) is 5.26 Å². The summed E-state index contributed by atoms with van der Waals surface area (Å²) in [6, 6.07) is 12.9. The molecule has 1 amide bonds. The van der Waals surface area contributed by atoms with Crippen molar-refractivity contribution in [2.75, 3.05) is 10.6 Å². The van der Waals surface area contributed by atoms with Gasteiger partial charge in [0.1, 0.15) is 5.82 Å². The largest absolute Gasteiger partial charge is 0.419 e. The van der Waals surface area contributed by atoms with Gasteiger partial charge >= 0.3 is 6.18 Å². The molecule has 3 aromatic rings. The van der Waals surface area contributed by atoms with E-state index in [0.717, 1.165) is 17.2 Å². The summed E-state index contributed by atoms with van der Waals surface area (Å²) in [6.07, 6.45) is -3.08. The molecular formula is C25H22F4N4O. The van der Waals surface area contributed by atoms with Crippen LogP contribution in [0.5, 0.6) is 0 Å². The van der Waals surface area contributed by atoms with E-state index in [1.807, 2.05) is 19.9 Å². The Morgan fingerprint density at radius 1 is 1.15 bits per heavy atom. The van der Waals surface area contributed by atoms with Crippen molar-refractivity contribution >= 4 is 17.4 Å². The van der Waals surface area contributed by atoms with E-state index < -0.39 is 17.6 Å². The third kappa shape index (κ3) is 5.70. The molecule has 0 radical (unpaired) electrons. The van der Waals surface area contributed by atoms with Crippen LogP contribution in [0.3, 0.4) is 0 Å². The molecule has 2 N–H and O–H groups in total. The molecule has 0 aliphatic rings. The van der Waals surface area contributed by atoms with Crippen LogP contribution in [-0.4, -0.2) is 10.9 Å². The van der Waals surface area contributed by atoms with Crippen LogP contribution in [0.1, 0.15) is 42.5 Å². The Labute approximate surface area is 194 Å². The lowest BCUT2D eigenvalue weighted by molar-refractivity contribution is -0.139. The fourth-order valence-electron chi connectivity index (χ4n) is 3.49. The standard InChI is InChI=1S/C25H22F4N4O/c1-15-12-14-31-24(23(15)33-21(34)7-4-13-30)32-16(2)17-8-10-18(11-9-17)19-5-3-6-20(26)22(19)25(27,28)29/h3,5-6,8-12,14,16H,4,7H2,1-2H3,(H,31,32)(H,33,34). The third-order valence-electron chi connectivity index (χ3n) is 5.26. The van der Waals surface area contributed by atoms with Crippen LogP contribution in [-0.2, 0) is 11.0 Å². The van der Waals surface area contributed by atoms with Gasteiger partial charge in [-0.05, 0) is 48.2 Å². The minimum absolute atomic E-state index is 0.0568. The lowest BCUT2D eigenvalue weighted by Gasteiger charge is -2.20. The number of amides is 1. The van der Waals surface area contributed by atoms with Crippen molar-refractivity contribution in [3.8, 4) is 17.2 Å². The molecule has 0 bridgehead atoms. The van der Waals surface area contributed by atoms with Crippen LogP contribution in [0.4, 0.5) is 29.1 Å². The summed E-state index contributed by atoms with van der Waals surface area (Å²) in [5.74, 6) is -1.21. The van der Waals surface area contributed by atoms with Crippen LogP contribution < -0.4 is 10.6 Å². The molecule has 0 spiro atoms. The number of hydrogen-bond acceptors (Lipinski definition) is 4. The molecule has 1 atom stereocenters. The summed E-state index contributed by atoms with van der Waals surface area (Å²) in [5.41, 5.74) is 0.720. The monoisotopic (exact) mass is 470 g/mol. The summed E-state index contributed by atoms with van der Waals surface area (Å²) in [4.78, 5) is 16.4. The van der Waals surface area contributed by atoms with Gasteiger partial charge in [-0.25, -0.2) is 9.37 Å². The summed E-state index contributed by atoms with van der Waals surface area (Å²) in [7, 11) is 0. The van der Waals surface area contributed by atoms with Crippen molar-refractivity contribution in [2.45, 2.75) is 38.9 Å². The molecule has 5 nitrogen and oxygen atoms in total. The fourth-order valence-corrected chi connectivity index (χ4v) is 3.49. The maximum absolute atomic E-state index is 13.9. The van der Waals surface area contributed by atoms with Crippen LogP contribution in [0.15, 0.2) is 54.7 Å². The van der Waals surface area contributed by atoms with Gasteiger partial charge in [0.2, 0.25) is 5.91 Å². The number of aryl methyl sites for hydroxylation is 1. The minimum Gasteiger partial charge on any atom is -0.362 e. The Bertz CT molecular complexity index is 1220. The van der Waals surface area contributed by atoms with E-state index in [0.29, 0.717) is 11.5 Å². The summed E-state index contributed by atoms with van der Waals surface area (Å²) in [5, 5.41) is 14.6. The smallest absolute Gasteiger partial charge is 0.362 e. The molecule has 0 fully saturated rings. The van der Waals surface area contributed by atoms with E-state index in [9.17, 15) is 22.4 Å². The third-order valence-corrected chi connectivity index (χ3v) is 5.26. The average molecular weight is 470 g/mol. The number of pyridine rings is 1. The van der Waals surface area contributed by atoms with Crippen LogP contribution in [0.25, 0.3) is 11.1 Å². The normalized spacial score (nSPS) is 12.0. The Morgan fingerprint density at radius 3 is 2.50 bits per heavy atom. The molecule has 1 unspecified atom stereocenters. The molecular weight excluding hydrogens is 448 g/mol. The van der Waals surface area contributed by atoms with E-state index in [1.165, 1.54) is 24.3 Å². The van der Waals surface area contributed by atoms with Crippen molar-refractivity contribution in [3.63, 3.8) is 0 Å². The number of alkyl halides is 3. The lowest BCUT2D eigenvalue weighted by atomic mass is 9.96. The second-order valence-corrected chi connectivity index (χ2v) is 7.71. The number of anilines is 2. The first-order valence-corrected chi connectivity index (χ1v) is 10.5. The van der Waals surface area contributed by atoms with Gasteiger partial charge in [0.15, 0.2) is 5.82 Å². The summed E-state index contributed by atoms with van der Waals surface area (Å²) < 4.78 is 54.0. The topological polar surface area (TPSA) is 77.8 Å². The van der Waals surface area contributed by atoms with Crippen molar-refractivity contribution in [2.24, 2.45) is 0 Å². The van der Waals surface area contributed by atoms with E-state index in [2.05, 4.69) is 15.6 Å². The van der Waals surface area contributed by atoms with Crippen molar-refractivity contribution < 1.29 is 22.4 Å². The number of nitriles is 1. The Balaban J connectivity index is 1.83. The van der Waals surface area contributed by atoms with Gasteiger partial charge in [-0.1, -0.05) is 36.4 Å². The predicted octanol–water partition coefficient (Wildman–Crippen LogP) is 6.63. The highest BCUT2D eigenvalue weighted by molar-refractivity contribution is 5.94. The van der Waals surface area contributed by atoms with Gasteiger partial charge in [0, 0.05) is 19.0 Å². The molecule has 0 saturated heterocycles. The highest BCUT2D eigenvalue weighted by atomic mass is 19.4. The molecule has 0 aliphatic carbocycles. The van der Waals surface area contributed by atoms with Gasteiger partial charge < -0.3 is 10.6 Å². The van der Waals surface area contributed by atoms with E-state index in [-0.39, 0.29) is 35.9 Å². The number of benzene rings is 2. The van der Waals surface area contributed by atoms with Crippen LogP contribution in [0, 0.1) is 24.1 Å². The first-order valence-electron chi connectivity index (χ1n) is 10.5. The Morgan fingerprint density at radius 2 is 1.85 bits per heavy atom. The molecule has 176 valence electrons. The van der Waals surface area contributed by atoms with Gasteiger partial charge in [-0.2, -0.15) is 18.4 Å². The minimum atomic E-state index is -4.82. The number of rotatable bonds is 7. The van der Waals surface area contributed by atoms with Crippen molar-refractivity contribution in [3.05, 3.63) is 77.2 Å². The molecule has 9 heteroatoms. The van der Waals surface area contributed by atoms with Crippen LogP contribution >= 0.6 is 0 Å².